The lowest BCUT2D eigenvalue weighted by molar-refractivity contribution is -0.179. The Bertz CT molecular complexity index is 1210. The molecule has 1 unspecified atom stereocenters. The molecule has 3 aliphatic carbocycles. The molecule has 0 saturated heterocycles. The van der Waals surface area contributed by atoms with Gasteiger partial charge in [-0.2, -0.15) is 0 Å². The van der Waals surface area contributed by atoms with Crippen LogP contribution in [-0.2, 0) is 28.6 Å². The number of hydrogen-bond donors (Lipinski definition) is 1. The third-order valence-corrected chi connectivity index (χ3v) is 8.77. The van der Waals surface area contributed by atoms with Gasteiger partial charge in [-0.25, -0.2) is 4.79 Å². The number of benzene rings is 1. The van der Waals surface area contributed by atoms with E-state index in [4.69, 9.17) is 14.2 Å². The Morgan fingerprint density at radius 3 is 2.31 bits per heavy atom. The Balaban J connectivity index is 1.91. The highest BCUT2D eigenvalue weighted by atomic mass is 16.6. The molecule has 0 heterocycles. The van der Waals surface area contributed by atoms with Gasteiger partial charge in [0.2, 0.25) is 5.78 Å². The third-order valence-electron chi connectivity index (χ3n) is 8.77. The Hall–Kier alpha value is -3.26. The highest BCUT2D eigenvalue weighted by Crippen LogP contribution is 2.62. The van der Waals surface area contributed by atoms with Crippen molar-refractivity contribution < 1.29 is 38.5 Å². The highest BCUT2D eigenvalue weighted by Gasteiger charge is 2.65. The average Bonchev–Trinajstić information content (AvgIpc) is 3.26. The molecule has 0 aliphatic heterocycles. The van der Waals surface area contributed by atoms with Crippen LogP contribution in [0, 0.1) is 29.1 Å². The minimum Gasteiger partial charge on any atom is -0.458 e. The summed E-state index contributed by atoms with van der Waals surface area (Å²) in [7, 11) is 0. The standard InChI is InChI=1S/C31H38O8/c1-17-14-24-23(30(24,5)6)13-12-22(16-32)27(37-19(3)33)25-26(38-29(36)21-10-8-7-9-11-21)18(2)15-31(25,28(17)35)39-20(4)34/h7-12,14,18,23-27,32H,13,15-16H2,1-6H3/b17-14+,22-12-/t18-,23-,24+,25?,26-,27-,31+/m0/s1. The van der Waals surface area contributed by atoms with Crippen molar-refractivity contribution in [2.45, 2.75) is 72.2 Å². The van der Waals surface area contributed by atoms with E-state index in [0.29, 0.717) is 23.1 Å². The number of allylic oxidation sites excluding steroid dienone is 2. The smallest absolute Gasteiger partial charge is 0.338 e. The Morgan fingerprint density at radius 2 is 1.72 bits per heavy atom. The number of aliphatic hydroxyl groups is 1. The van der Waals surface area contributed by atoms with Gasteiger partial charge in [-0.1, -0.05) is 51.1 Å². The second kappa shape index (κ2) is 10.7. The fraction of sp³-hybridized carbons (Fsp3) is 0.548. The molecule has 3 aliphatic rings. The van der Waals surface area contributed by atoms with Crippen molar-refractivity contribution in [1.29, 1.82) is 0 Å². The molecule has 0 amide bonds. The number of ether oxygens (including phenoxy) is 3. The molecule has 210 valence electrons. The van der Waals surface area contributed by atoms with E-state index >= 15 is 0 Å². The highest BCUT2D eigenvalue weighted by molar-refractivity contribution is 6.03. The summed E-state index contributed by atoms with van der Waals surface area (Å²) in [5, 5.41) is 10.5. The second-order valence-electron chi connectivity index (χ2n) is 11.8. The van der Waals surface area contributed by atoms with Gasteiger partial charge in [0.25, 0.3) is 0 Å². The zero-order valence-corrected chi connectivity index (χ0v) is 23.4. The van der Waals surface area contributed by atoms with Gasteiger partial charge in [0.1, 0.15) is 12.2 Å². The number of carbonyl (C=O) groups excluding carboxylic acids is 4. The summed E-state index contributed by atoms with van der Waals surface area (Å²) in [5.74, 6) is -3.53. The minimum absolute atomic E-state index is 0.0575. The van der Waals surface area contributed by atoms with E-state index in [1.165, 1.54) is 13.8 Å². The van der Waals surface area contributed by atoms with Gasteiger partial charge < -0.3 is 19.3 Å². The van der Waals surface area contributed by atoms with E-state index in [-0.39, 0.29) is 23.7 Å². The quantitative estimate of drug-likeness (QED) is 0.337. The van der Waals surface area contributed by atoms with Gasteiger partial charge in [-0.15, -0.1) is 0 Å². The van der Waals surface area contributed by atoms with Crippen LogP contribution in [0.2, 0.25) is 0 Å². The summed E-state index contributed by atoms with van der Waals surface area (Å²) in [6.45, 7) is 9.79. The molecule has 2 saturated carbocycles. The number of ketones is 1. The lowest BCUT2D eigenvalue weighted by atomic mass is 9.77. The summed E-state index contributed by atoms with van der Waals surface area (Å²) in [6, 6.07) is 8.44. The van der Waals surface area contributed by atoms with Crippen molar-refractivity contribution in [3.8, 4) is 0 Å². The van der Waals surface area contributed by atoms with Crippen molar-refractivity contribution in [3.05, 3.63) is 59.2 Å². The van der Waals surface area contributed by atoms with Crippen LogP contribution < -0.4 is 0 Å². The van der Waals surface area contributed by atoms with Crippen LogP contribution in [0.25, 0.3) is 0 Å². The van der Waals surface area contributed by atoms with Gasteiger partial charge in [0.05, 0.1) is 18.1 Å². The van der Waals surface area contributed by atoms with E-state index in [0.717, 1.165) is 0 Å². The van der Waals surface area contributed by atoms with Crippen molar-refractivity contribution in [3.63, 3.8) is 0 Å². The summed E-state index contributed by atoms with van der Waals surface area (Å²) in [4.78, 5) is 52.6. The van der Waals surface area contributed by atoms with E-state index in [2.05, 4.69) is 13.8 Å². The predicted molar refractivity (Wildman–Crippen MR) is 142 cm³/mol. The summed E-state index contributed by atoms with van der Waals surface area (Å²) < 4.78 is 17.8. The maximum absolute atomic E-state index is 14.4. The number of fused-ring (bicyclic) bond motifs is 2. The summed E-state index contributed by atoms with van der Waals surface area (Å²) in [5.41, 5.74) is -0.702. The van der Waals surface area contributed by atoms with Crippen LogP contribution in [0.1, 0.15) is 64.7 Å². The van der Waals surface area contributed by atoms with Crippen molar-refractivity contribution in [1.82, 2.24) is 0 Å². The van der Waals surface area contributed by atoms with E-state index < -0.39 is 59.9 Å². The molecule has 7 atom stereocenters. The van der Waals surface area contributed by atoms with E-state index in [1.54, 1.807) is 37.3 Å². The topological polar surface area (TPSA) is 116 Å². The average molecular weight is 539 g/mol. The number of hydrogen-bond acceptors (Lipinski definition) is 8. The molecule has 0 bridgehead atoms. The Kier molecular flexibility index (Phi) is 7.90. The molecular formula is C31H38O8. The van der Waals surface area contributed by atoms with Gasteiger partial charge in [-0.3, -0.25) is 14.4 Å². The fourth-order valence-corrected chi connectivity index (χ4v) is 6.73. The largest absolute Gasteiger partial charge is 0.458 e. The van der Waals surface area contributed by atoms with Gasteiger partial charge >= 0.3 is 17.9 Å². The second-order valence-corrected chi connectivity index (χ2v) is 11.8. The molecular weight excluding hydrogens is 500 g/mol. The van der Waals surface area contributed by atoms with Gasteiger partial charge in [-0.05, 0) is 59.8 Å². The SMILES string of the molecule is CC(=O)O[C@H]1/C(CO)=C\C[C@H]2[C@@H](/C=C(\C)C(=O)[C@@]3(OC(C)=O)C[C@H](C)[C@H](OC(=O)c4ccccc4)C13)C2(C)C. The van der Waals surface area contributed by atoms with Crippen molar-refractivity contribution in [2.24, 2.45) is 29.1 Å². The molecule has 0 spiro atoms. The minimum atomic E-state index is -1.78. The molecule has 39 heavy (non-hydrogen) atoms. The maximum Gasteiger partial charge on any atom is 0.338 e. The molecule has 2 fully saturated rings. The first kappa shape index (κ1) is 28.7. The summed E-state index contributed by atoms with van der Waals surface area (Å²) >= 11 is 0. The van der Waals surface area contributed by atoms with E-state index in [1.807, 2.05) is 19.1 Å². The number of carbonyl (C=O) groups is 4. The molecule has 8 heteroatoms. The normalized spacial score (nSPS) is 36.0. The van der Waals surface area contributed by atoms with Crippen LogP contribution in [0.5, 0.6) is 0 Å². The van der Waals surface area contributed by atoms with Gasteiger partial charge in [0, 0.05) is 20.3 Å². The number of Topliss-reactive ketones (excluding diaryl/α,β-unsaturated/α-hetero) is 1. The molecule has 0 aromatic heterocycles. The zero-order valence-electron chi connectivity index (χ0n) is 23.4. The first-order valence-corrected chi connectivity index (χ1v) is 13.5. The monoisotopic (exact) mass is 538 g/mol. The van der Waals surface area contributed by atoms with Crippen LogP contribution in [0.3, 0.4) is 0 Å². The first-order valence-electron chi connectivity index (χ1n) is 13.5. The molecule has 0 radical (unpaired) electrons. The number of aliphatic hydroxyl groups excluding tert-OH is 1. The lowest BCUT2D eigenvalue weighted by Gasteiger charge is -2.39. The molecule has 1 N–H and O–H groups in total. The number of esters is 3. The van der Waals surface area contributed by atoms with E-state index in [9.17, 15) is 24.3 Å². The zero-order chi connectivity index (χ0) is 28.7. The third kappa shape index (κ3) is 5.31. The predicted octanol–water partition coefficient (Wildman–Crippen LogP) is 4.21. The molecule has 1 aromatic carbocycles. The van der Waals surface area contributed by atoms with Crippen LogP contribution in [0.15, 0.2) is 53.6 Å². The molecule has 1 aromatic rings. The van der Waals surface area contributed by atoms with Crippen LogP contribution in [0.4, 0.5) is 0 Å². The van der Waals surface area contributed by atoms with Crippen LogP contribution >= 0.6 is 0 Å². The van der Waals surface area contributed by atoms with Crippen molar-refractivity contribution >= 4 is 23.7 Å². The van der Waals surface area contributed by atoms with Crippen LogP contribution in [-0.4, -0.2) is 53.2 Å². The fourth-order valence-electron chi connectivity index (χ4n) is 6.73. The molecule has 4 rings (SSSR count). The summed E-state index contributed by atoms with van der Waals surface area (Å²) in [6.07, 6.45) is 2.33. The molecule has 8 nitrogen and oxygen atoms in total. The lowest BCUT2D eigenvalue weighted by Crippen LogP contribution is -2.55. The number of rotatable bonds is 5. The maximum atomic E-state index is 14.4. The Labute approximate surface area is 229 Å². The Morgan fingerprint density at radius 1 is 1.05 bits per heavy atom. The van der Waals surface area contributed by atoms with Gasteiger partial charge in [0.15, 0.2) is 5.60 Å². The van der Waals surface area contributed by atoms with Crippen molar-refractivity contribution in [2.75, 3.05) is 6.61 Å². The first-order chi connectivity index (χ1) is 18.3.